The van der Waals surface area contributed by atoms with Gasteiger partial charge in [-0.2, -0.15) is 5.10 Å². The Kier molecular flexibility index (Phi) is 6.41. The summed E-state index contributed by atoms with van der Waals surface area (Å²) < 4.78 is 2.08. The van der Waals surface area contributed by atoms with E-state index in [0.29, 0.717) is 6.54 Å². The van der Waals surface area contributed by atoms with Crippen LogP contribution in [-0.4, -0.2) is 39.7 Å². The van der Waals surface area contributed by atoms with Crippen LogP contribution in [0.25, 0.3) is 5.57 Å². The number of likely N-dealkylation sites (tertiary alicyclic amines) is 1. The lowest BCUT2D eigenvalue weighted by Crippen LogP contribution is -2.33. The Morgan fingerprint density at radius 3 is 2.47 bits per heavy atom. The molecule has 4 heterocycles. The lowest BCUT2D eigenvalue weighted by atomic mass is 9.88. The first-order valence-corrected chi connectivity index (χ1v) is 13.4. The molecule has 36 heavy (non-hydrogen) atoms. The molecular formula is C31H35N5. The first kappa shape index (κ1) is 23.1. The van der Waals surface area contributed by atoms with Gasteiger partial charge >= 0.3 is 0 Å². The van der Waals surface area contributed by atoms with Crippen LogP contribution in [0, 0.1) is 18.8 Å². The maximum atomic E-state index is 5.36. The molecule has 0 amide bonds. The van der Waals surface area contributed by atoms with Gasteiger partial charge in [-0.3, -0.25) is 14.9 Å². The van der Waals surface area contributed by atoms with Crippen molar-refractivity contribution in [2.24, 2.45) is 21.8 Å². The second-order valence-corrected chi connectivity index (χ2v) is 10.5. The Bertz CT molecular complexity index is 1290. The fourth-order valence-electron chi connectivity index (χ4n) is 5.83. The van der Waals surface area contributed by atoms with E-state index < -0.39 is 0 Å². The highest BCUT2D eigenvalue weighted by Gasteiger charge is 2.31. The Balaban J connectivity index is 1.32. The van der Waals surface area contributed by atoms with Gasteiger partial charge in [0, 0.05) is 23.9 Å². The molecule has 5 nitrogen and oxygen atoms in total. The van der Waals surface area contributed by atoms with E-state index in [1.54, 1.807) is 0 Å². The summed E-state index contributed by atoms with van der Waals surface area (Å²) in [6.07, 6.45) is 8.26. The van der Waals surface area contributed by atoms with E-state index in [1.807, 2.05) is 6.92 Å². The maximum Gasteiger partial charge on any atom is 0.153 e. The van der Waals surface area contributed by atoms with Gasteiger partial charge in [0.2, 0.25) is 0 Å². The van der Waals surface area contributed by atoms with Gasteiger partial charge in [-0.05, 0) is 56.0 Å². The second kappa shape index (κ2) is 9.98. The molecule has 5 heteroatoms. The van der Waals surface area contributed by atoms with Crippen molar-refractivity contribution in [1.82, 2.24) is 14.7 Å². The molecule has 1 fully saturated rings. The molecule has 0 N–H and O–H groups in total. The Morgan fingerprint density at radius 1 is 0.944 bits per heavy atom. The van der Waals surface area contributed by atoms with E-state index in [-0.39, 0.29) is 12.1 Å². The maximum absolute atomic E-state index is 5.36. The van der Waals surface area contributed by atoms with Crippen molar-refractivity contribution in [3.05, 3.63) is 94.8 Å². The molecule has 184 valence electrons. The molecule has 0 saturated carbocycles. The number of aliphatic imine (C=N–C) groups is 2. The number of aryl methyl sites for hydroxylation is 1. The summed E-state index contributed by atoms with van der Waals surface area (Å²) in [7, 11) is 0. The summed E-state index contributed by atoms with van der Waals surface area (Å²) >= 11 is 0. The molecule has 6 rings (SSSR count). The van der Waals surface area contributed by atoms with Gasteiger partial charge in [-0.25, -0.2) is 4.68 Å². The minimum absolute atomic E-state index is 0.0785. The largest absolute Gasteiger partial charge is 0.299 e. The minimum atomic E-state index is -0.109. The number of allylic oxidation sites excluding steroid dienone is 1. The van der Waals surface area contributed by atoms with Crippen LogP contribution >= 0.6 is 0 Å². The average molecular weight is 478 g/mol. The Hall–Kier alpha value is -3.31. The van der Waals surface area contributed by atoms with E-state index in [1.165, 1.54) is 49.1 Å². The highest BCUT2D eigenvalue weighted by molar-refractivity contribution is 6.32. The van der Waals surface area contributed by atoms with Crippen molar-refractivity contribution in [3.8, 4) is 0 Å². The minimum Gasteiger partial charge on any atom is -0.299 e. The lowest BCUT2D eigenvalue weighted by Gasteiger charge is -2.31. The summed E-state index contributed by atoms with van der Waals surface area (Å²) in [6, 6.07) is 21.8. The quantitative estimate of drug-likeness (QED) is 0.446. The van der Waals surface area contributed by atoms with Crippen LogP contribution < -0.4 is 0 Å². The van der Waals surface area contributed by atoms with Gasteiger partial charge in [0.25, 0.3) is 0 Å². The predicted octanol–water partition coefficient (Wildman–Crippen LogP) is 6.10. The van der Waals surface area contributed by atoms with Crippen molar-refractivity contribution in [2.75, 3.05) is 13.1 Å². The molecule has 2 atom stereocenters. The lowest BCUT2D eigenvalue weighted by molar-refractivity contribution is 0.175. The zero-order valence-electron chi connectivity index (χ0n) is 21.3. The van der Waals surface area contributed by atoms with Crippen molar-refractivity contribution >= 4 is 17.5 Å². The molecule has 1 aromatic heterocycles. The molecule has 3 aliphatic heterocycles. The predicted molar refractivity (Wildman–Crippen MR) is 147 cm³/mol. The van der Waals surface area contributed by atoms with E-state index in [4.69, 9.17) is 15.1 Å². The third-order valence-corrected chi connectivity index (χ3v) is 7.94. The van der Waals surface area contributed by atoms with Gasteiger partial charge in [0.15, 0.2) is 6.17 Å². The third-order valence-electron chi connectivity index (χ3n) is 7.94. The summed E-state index contributed by atoms with van der Waals surface area (Å²) in [4.78, 5) is 12.7. The van der Waals surface area contributed by atoms with E-state index in [0.717, 1.165) is 35.1 Å². The highest BCUT2D eigenvalue weighted by Crippen LogP contribution is 2.35. The normalized spacial score (nSPS) is 22.4. The number of hydrogen-bond acceptors (Lipinski definition) is 4. The molecule has 3 aliphatic rings. The smallest absolute Gasteiger partial charge is 0.153 e. The summed E-state index contributed by atoms with van der Waals surface area (Å²) in [5.41, 5.74) is 8.06. The molecule has 0 aliphatic carbocycles. The van der Waals surface area contributed by atoms with Crippen molar-refractivity contribution in [2.45, 2.75) is 52.4 Å². The third kappa shape index (κ3) is 4.60. The number of hydrogen-bond donors (Lipinski definition) is 0. The van der Waals surface area contributed by atoms with Gasteiger partial charge in [0.1, 0.15) is 0 Å². The first-order valence-electron chi connectivity index (χ1n) is 13.4. The van der Waals surface area contributed by atoms with Crippen LogP contribution in [0.15, 0.2) is 76.7 Å². The molecule has 1 saturated heterocycles. The number of piperidine rings is 1. The molecule has 0 spiro atoms. The molecule has 2 aromatic carbocycles. The number of dihydropyridines is 1. The fraction of sp³-hybridized carbons (Fsp3) is 0.387. The molecular weight excluding hydrogens is 442 g/mol. The number of benzene rings is 2. The first-order chi connectivity index (χ1) is 17.7. The molecule has 2 unspecified atom stereocenters. The zero-order chi connectivity index (χ0) is 24.5. The van der Waals surface area contributed by atoms with E-state index >= 15 is 0 Å². The van der Waals surface area contributed by atoms with Crippen LogP contribution in [0.1, 0.15) is 60.4 Å². The number of aromatic nitrogens is 2. The average Bonchev–Trinajstić information content (AvgIpc) is 3.21. The van der Waals surface area contributed by atoms with Crippen LogP contribution in [0.4, 0.5) is 0 Å². The molecule has 0 radical (unpaired) electrons. The van der Waals surface area contributed by atoms with Crippen LogP contribution in [0.5, 0.6) is 0 Å². The van der Waals surface area contributed by atoms with Crippen LogP contribution in [0.3, 0.4) is 0 Å². The SMILES string of the molecule is CCC1CCN(Cc2ccc(C3=NC4C(C=NCc5cc(C)nn54)C=C3c3ccccc3)cc2)CC1. The summed E-state index contributed by atoms with van der Waals surface area (Å²) in [6.45, 7) is 8.47. The van der Waals surface area contributed by atoms with Crippen LogP contribution in [0.2, 0.25) is 0 Å². The Morgan fingerprint density at radius 2 is 1.72 bits per heavy atom. The number of nitrogens with zero attached hydrogens (tertiary/aromatic N) is 5. The molecule has 3 aromatic rings. The summed E-state index contributed by atoms with van der Waals surface area (Å²) in [5.74, 6) is 0.989. The van der Waals surface area contributed by atoms with Crippen LogP contribution in [-0.2, 0) is 13.1 Å². The monoisotopic (exact) mass is 477 g/mol. The standard InChI is InChI=1S/C31H35N5/c1-3-23-13-15-35(16-14-23)21-24-9-11-26(12-10-24)30-29(25-7-5-4-6-8-25)18-27-19-32-20-28-17-22(2)34-36(28)31(27)33-30/h4-12,17-19,23,27,31H,3,13-16,20-21H2,1-2H3. The highest BCUT2D eigenvalue weighted by atomic mass is 15.4. The van der Waals surface area contributed by atoms with Crippen molar-refractivity contribution < 1.29 is 0 Å². The van der Waals surface area contributed by atoms with Gasteiger partial charge < -0.3 is 0 Å². The summed E-state index contributed by atoms with van der Waals surface area (Å²) in [5, 5.41) is 4.81. The molecule has 0 bridgehead atoms. The van der Waals surface area contributed by atoms with Gasteiger partial charge in [0.05, 0.1) is 29.6 Å². The van der Waals surface area contributed by atoms with Crippen molar-refractivity contribution in [3.63, 3.8) is 0 Å². The number of fused-ring (bicyclic) bond motifs is 3. The fourth-order valence-corrected chi connectivity index (χ4v) is 5.83. The van der Waals surface area contributed by atoms with E-state index in [9.17, 15) is 0 Å². The topological polar surface area (TPSA) is 45.8 Å². The van der Waals surface area contributed by atoms with E-state index in [2.05, 4.69) is 89.5 Å². The van der Waals surface area contributed by atoms with Gasteiger partial charge in [-0.1, -0.05) is 74.0 Å². The zero-order valence-corrected chi connectivity index (χ0v) is 21.3. The number of rotatable bonds is 5. The Labute approximate surface area is 214 Å². The van der Waals surface area contributed by atoms with Crippen molar-refractivity contribution in [1.29, 1.82) is 0 Å². The van der Waals surface area contributed by atoms with Gasteiger partial charge in [-0.15, -0.1) is 0 Å². The second-order valence-electron chi connectivity index (χ2n) is 10.5.